The number of Topliss-reactive ketones (excluding diaryl/α,β-unsaturated/α-hetero) is 1. The molecule has 4 nitrogen and oxygen atoms in total. The predicted octanol–water partition coefficient (Wildman–Crippen LogP) is 2.54. The minimum Gasteiger partial charge on any atom is -0.486 e. The van der Waals surface area contributed by atoms with Crippen molar-refractivity contribution in [2.24, 2.45) is 0 Å². The highest BCUT2D eigenvalue weighted by Gasteiger charge is 2.09. The van der Waals surface area contributed by atoms with Crippen molar-refractivity contribution in [1.29, 1.82) is 0 Å². The minimum absolute atomic E-state index is 0.00355. The highest BCUT2D eigenvalue weighted by molar-refractivity contribution is 5.84. The molecule has 0 spiro atoms. The third-order valence-corrected chi connectivity index (χ3v) is 2.66. The second kappa shape index (κ2) is 8.29. The van der Waals surface area contributed by atoms with Gasteiger partial charge in [0.05, 0.1) is 13.0 Å². The number of aryl methyl sites for hydroxylation is 1. The van der Waals surface area contributed by atoms with Crippen LogP contribution in [0.1, 0.15) is 32.3 Å². The van der Waals surface area contributed by atoms with Gasteiger partial charge in [0, 0.05) is 6.42 Å². The van der Waals surface area contributed by atoms with Gasteiger partial charge in [-0.05, 0) is 25.0 Å². The van der Waals surface area contributed by atoms with Gasteiger partial charge in [0.15, 0.2) is 5.78 Å². The quantitative estimate of drug-likeness (QED) is 0.677. The van der Waals surface area contributed by atoms with Crippen LogP contribution in [0.15, 0.2) is 24.3 Å². The second-order valence-electron chi connectivity index (χ2n) is 4.09. The van der Waals surface area contributed by atoms with E-state index >= 15 is 0 Å². The van der Waals surface area contributed by atoms with Crippen molar-refractivity contribution in [3.05, 3.63) is 29.8 Å². The topological polar surface area (TPSA) is 52.6 Å². The minimum atomic E-state index is -0.343. The van der Waals surface area contributed by atoms with Crippen molar-refractivity contribution >= 4 is 11.8 Å². The average Bonchev–Trinajstić information content (AvgIpc) is 2.43. The fourth-order valence-electron chi connectivity index (χ4n) is 1.64. The summed E-state index contributed by atoms with van der Waals surface area (Å²) in [5, 5.41) is 0. The molecule has 0 unspecified atom stereocenters. The fraction of sp³-hybridized carbons (Fsp3) is 0.467. The molecule has 0 atom stereocenters. The molecular weight excluding hydrogens is 244 g/mol. The highest BCUT2D eigenvalue weighted by atomic mass is 16.5. The molecule has 1 aromatic rings. The summed E-state index contributed by atoms with van der Waals surface area (Å²) in [5.74, 6) is 0.290. The van der Waals surface area contributed by atoms with Crippen LogP contribution in [0.4, 0.5) is 0 Å². The van der Waals surface area contributed by atoms with Crippen LogP contribution in [0.25, 0.3) is 0 Å². The first-order valence-electron chi connectivity index (χ1n) is 6.55. The first-order valence-corrected chi connectivity index (χ1v) is 6.55. The molecular formula is C15H20O4. The number of ketones is 1. The summed E-state index contributed by atoms with van der Waals surface area (Å²) < 4.78 is 10.2. The van der Waals surface area contributed by atoms with Gasteiger partial charge in [0.25, 0.3) is 0 Å². The Balaban J connectivity index is 2.35. The lowest BCUT2D eigenvalue weighted by Crippen LogP contribution is -2.14. The summed E-state index contributed by atoms with van der Waals surface area (Å²) in [6.07, 6.45) is 1.13. The lowest BCUT2D eigenvalue weighted by atomic mass is 10.1. The van der Waals surface area contributed by atoms with Crippen LogP contribution in [0, 0.1) is 0 Å². The molecule has 104 valence electrons. The lowest BCUT2D eigenvalue weighted by molar-refractivity contribution is -0.144. The van der Waals surface area contributed by atoms with E-state index in [-0.39, 0.29) is 31.2 Å². The van der Waals surface area contributed by atoms with Crippen molar-refractivity contribution in [3.8, 4) is 5.75 Å². The zero-order chi connectivity index (χ0) is 14.1. The molecule has 19 heavy (non-hydrogen) atoms. The maximum Gasteiger partial charge on any atom is 0.306 e. The molecule has 0 aromatic heterocycles. The highest BCUT2D eigenvalue weighted by Crippen LogP contribution is 2.18. The van der Waals surface area contributed by atoms with Crippen LogP contribution in [0.2, 0.25) is 0 Å². The summed E-state index contributed by atoms with van der Waals surface area (Å²) in [4.78, 5) is 22.7. The third kappa shape index (κ3) is 5.55. The zero-order valence-electron chi connectivity index (χ0n) is 11.5. The summed E-state index contributed by atoms with van der Waals surface area (Å²) in [6, 6.07) is 7.63. The summed E-state index contributed by atoms with van der Waals surface area (Å²) in [5.41, 5.74) is 1.07. The molecule has 0 amide bonds. The van der Waals surface area contributed by atoms with Crippen LogP contribution < -0.4 is 4.74 Å². The number of carbonyl (C=O) groups is 2. The largest absolute Gasteiger partial charge is 0.486 e. The Bertz CT molecular complexity index is 426. The normalized spacial score (nSPS) is 10.0. The van der Waals surface area contributed by atoms with Gasteiger partial charge >= 0.3 is 5.97 Å². The van der Waals surface area contributed by atoms with E-state index in [2.05, 4.69) is 0 Å². The maximum atomic E-state index is 11.6. The number of hydrogen-bond acceptors (Lipinski definition) is 4. The monoisotopic (exact) mass is 264 g/mol. The van der Waals surface area contributed by atoms with Gasteiger partial charge < -0.3 is 9.47 Å². The second-order valence-corrected chi connectivity index (χ2v) is 4.09. The van der Waals surface area contributed by atoms with E-state index in [4.69, 9.17) is 9.47 Å². The standard InChI is InChI=1S/C15H20O4/c1-3-12-7-5-6-8-14(12)19-11-13(16)9-10-15(17)18-4-2/h5-8H,3-4,9-11H2,1-2H3. The van der Waals surface area contributed by atoms with Gasteiger partial charge in [0.2, 0.25) is 0 Å². The van der Waals surface area contributed by atoms with Gasteiger partial charge in [-0.2, -0.15) is 0 Å². The van der Waals surface area contributed by atoms with E-state index in [1.807, 2.05) is 31.2 Å². The van der Waals surface area contributed by atoms with E-state index in [1.165, 1.54) is 0 Å². The number of para-hydroxylation sites is 1. The number of esters is 1. The molecule has 0 radical (unpaired) electrons. The van der Waals surface area contributed by atoms with E-state index in [0.29, 0.717) is 6.61 Å². The van der Waals surface area contributed by atoms with E-state index < -0.39 is 0 Å². The molecule has 0 saturated heterocycles. The molecule has 1 aromatic carbocycles. The molecule has 0 aliphatic carbocycles. The molecule has 0 heterocycles. The van der Waals surface area contributed by atoms with Gasteiger partial charge in [-0.25, -0.2) is 0 Å². The summed E-state index contributed by atoms with van der Waals surface area (Å²) in [6.45, 7) is 4.11. The van der Waals surface area contributed by atoms with Crippen LogP contribution in [0.5, 0.6) is 5.75 Å². The Morgan fingerprint density at radius 2 is 1.84 bits per heavy atom. The van der Waals surface area contributed by atoms with Crippen molar-refractivity contribution in [3.63, 3.8) is 0 Å². The first-order chi connectivity index (χ1) is 9.17. The first kappa shape index (κ1) is 15.2. The lowest BCUT2D eigenvalue weighted by Gasteiger charge is -2.09. The number of rotatable bonds is 8. The Hall–Kier alpha value is -1.84. The average molecular weight is 264 g/mol. The SMILES string of the molecule is CCOC(=O)CCC(=O)COc1ccccc1CC. The Morgan fingerprint density at radius 1 is 1.11 bits per heavy atom. The van der Waals surface area contributed by atoms with Crippen molar-refractivity contribution in [1.82, 2.24) is 0 Å². The van der Waals surface area contributed by atoms with Crippen LogP contribution in [0.3, 0.4) is 0 Å². The molecule has 0 aliphatic heterocycles. The van der Waals surface area contributed by atoms with Crippen LogP contribution in [-0.4, -0.2) is 25.0 Å². The summed E-state index contributed by atoms with van der Waals surface area (Å²) in [7, 11) is 0. The van der Waals surface area contributed by atoms with Crippen LogP contribution >= 0.6 is 0 Å². The molecule has 0 fully saturated rings. The Labute approximate surface area is 113 Å². The summed E-state index contributed by atoms with van der Waals surface area (Å²) >= 11 is 0. The van der Waals surface area contributed by atoms with Crippen molar-refractivity contribution in [2.45, 2.75) is 33.1 Å². The third-order valence-electron chi connectivity index (χ3n) is 2.66. The number of benzene rings is 1. The molecule has 0 N–H and O–H groups in total. The van der Waals surface area contributed by atoms with Gasteiger partial charge in [-0.3, -0.25) is 9.59 Å². The number of ether oxygens (including phenoxy) is 2. The Kier molecular flexibility index (Phi) is 6.64. The molecule has 0 saturated carbocycles. The molecule has 0 aliphatic rings. The van der Waals surface area contributed by atoms with Crippen molar-refractivity contribution < 1.29 is 19.1 Å². The van der Waals surface area contributed by atoms with E-state index in [0.717, 1.165) is 17.7 Å². The molecule has 1 rings (SSSR count). The number of hydrogen-bond donors (Lipinski definition) is 0. The molecule has 0 bridgehead atoms. The fourth-order valence-corrected chi connectivity index (χ4v) is 1.64. The van der Waals surface area contributed by atoms with E-state index in [1.54, 1.807) is 6.92 Å². The smallest absolute Gasteiger partial charge is 0.306 e. The van der Waals surface area contributed by atoms with E-state index in [9.17, 15) is 9.59 Å². The maximum absolute atomic E-state index is 11.6. The van der Waals surface area contributed by atoms with Crippen molar-refractivity contribution in [2.75, 3.05) is 13.2 Å². The van der Waals surface area contributed by atoms with Crippen LogP contribution in [-0.2, 0) is 20.7 Å². The predicted molar refractivity (Wildman–Crippen MR) is 72.2 cm³/mol. The van der Waals surface area contributed by atoms with Gasteiger partial charge in [-0.1, -0.05) is 25.1 Å². The molecule has 4 heteroatoms. The zero-order valence-corrected chi connectivity index (χ0v) is 11.5. The van der Waals surface area contributed by atoms with Gasteiger partial charge in [0.1, 0.15) is 12.4 Å². The van der Waals surface area contributed by atoms with Gasteiger partial charge in [-0.15, -0.1) is 0 Å². The number of carbonyl (C=O) groups excluding carboxylic acids is 2. The Morgan fingerprint density at radius 3 is 2.53 bits per heavy atom.